The van der Waals surface area contributed by atoms with Gasteiger partial charge < -0.3 is 9.88 Å². The number of sulfonamides is 1. The van der Waals surface area contributed by atoms with E-state index in [0.29, 0.717) is 22.9 Å². The van der Waals surface area contributed by atoms with Gasteiger partial charge in [0.15, 0.2) is 5.03 Å². The highest BCUT2D eigenvalue weighted by Crippen LogP contribution is 2.39. The Hall–Kier alpha value is -3.03. The molecule has 4 aromatic rings. The van der Waals surface area contributed by atoms with E-state index in [2.05, 4.69) is 31.2 Å². The molecule has 4 rings (SSSR count). The van der Waals surface area contributed by atoms with Crippen molar-refractivity contribution in [1.82, 2.24) is 24.5 Å². The standard InChI is InChI=1S/C24H28FN7O2S3/c1-15(2)23-30-21(22(36-23)18-8-10-27-24(29-18)26-9-5-11-35-4)16-6-7-17(25)19(12-16)31-37(33,34)20-13-32(3)14-28-20/h6-8,10,12-15,31H,5,9,11H2,1-4H3,(H,26,27,29). The van der Waals surface area contributed by atoms with Gasteiger partial charge in [-0.3, -0.25) is 4.72 Å². The maximum Gasteiger partial charge on any atom is 0.281 e. The molecule has 0 fully saturated rings. The first-order valence-corrected chi connectivity index (χ1v) is 15.2. The first-order chi connectivity index (χ1) is 17.7. The Morgan fingerprint density at radius 3 is 2.70 bits per heavy atom. The van der Waals surface area contributed by atoms with Crippen LogP contribution >= 0.6 is 23.1 Å². The minimum absolute atomic E-state index is 0.158. The molecule has 2 N–H and O–H groups in total. The zero-order valence-electron chi connectivity index (χ0n) is 20.9. The second-order valence-electron chi connectivity index (χ2n) is 8.60. The highest BCUT2D eigenvalue weighted by molar-refractivity contribution is 7.98. The monoisotopic (exact) mass is 561 g/mol. The summed E-state index contributed by atoms with van der Waals surface area (Å²) in [6.07, 6.45) is 7.46. The Bertz CT molecular complexity index is 1490. The van der Waals surface area contributed by atoms with Crippen LogP contribution in [0.4, 0.5) is 16.0 Å². The Morgan fingerprint density at radius 1 is 1.19 bits per heavy atom. The molecule has 9 nitrogen and oxygen atoms in total. The molecule has 3 heterocycles. The lowest BCUT2D eigenvalue weighted by Crippen LogP contribution is -2.14. The van der Waals surface area contributed by atoms with Gasteiger partial charge in [0.25, 0.3) is 10.0 Å². The third kappa shape index (κ3) is 6.46. The van der Waals surface area contributed by atoms with Crippen LogP contribution in [-0.2, 0) is 17.1 Å². The predicted octanol–water partition coefficient (Wildman–Crippen LogP) is 5.23. The molecule has 0 saturated heterocycles. The predicted molar refractivity (Wildman–Crippen MR) is 148 cm³/mol. The average molecular weight is 562 g/mol. The fraction of sp³-hybridized carbons (Fsp3) is 0.333. The Kier molecular flexibility index (Phi) is 8.45. The normalized spacial score (nSPS) is 11.7. The number of hydrogen-bond acceptors (Lipinski definition) is 9. The van der Waals surface area contributed by atoms with Gasteiger partial charge in [-0.2, -0.15) is 20.2 Å². The van der Waals surface area contributed by atoms with Gasteiger partial charge in [0.05, 0.1) is 33.3 Å². The molecule has 0 aliphatic rings. The molecule has 0 aliphatic heterocycles. The van der Waals surface area contributed by atoms with E-state index in [-0.39, 0.29) is 16.6 Å². The fourth-order valence-electron chi connectivity index (χ4n) is 3.42. The fourth-order valence-corrected chi connectivity index (χ4v) is 5.95. The van der Waals surface area contributed by atoms with Gasteiger partial charge in [0, 0.05) is 37.5 Å². The summed E-state index contributed by atoms with van der Waals surface area (Å²) in [5, 5.41) is 3.94. The summed E-state index contributed by atoms with van der Waals surface area (Å²) in [5.74, 6) is 1.02. The summed E-state index contributed by atoms with van der Waals surface area (Å²) < 4.78 is 44.1. The number of benzene rings is 1. The first-order valence-electron chi connectivity index (χ1n) is 11.6. The van der Waals surface area contributed by atoms with Crippen LogP contribution < -0.4 is 10.0 Å². The number of halogens is 1. The van der Waals surface area contributed by atoms with Gasteiger partial charge in [-0.15, -0.1) is 11.3 Å². The quantitative estimate of drug-likeness (QED) is 0.239. The second-order valence-corrected chi connectivity index (χ2v) is 12.2. The molecule has 196 valence electrons. The van der Waals surface area contributed by atoms with Crippen molar-refractivity contribution in [3.8, 4) is 21.8 Å². The number of hydrogen-bond donors (Lipinski definition) is 2. The van der Waals surface area contributed by atoms with Gasteiger partial charge >= 0.3 is 0 Å². The van der Waals surface area contributed by atoms with E-state index in [1.165, 1.54) is 40.6 Å². The Balaban J connectivity index is 1.70. The third-order valence-corrected chi connectivity index (χ3v) is 8.60. The maximum atomic E-state index is 14.7. The van der Waals surface area contributed by atoms with Crippen LogP contribution in [0.2, 0.25) is 0 Å². The number of aryl methyl sites for hydroxylation is 1. The summed E-state index contributed by atoms with van der Waals surface area (Å²) in [6, 6.07) is 6.06. The average Bonchev–Trinajstić information content (AvgIpc) is 3.51. The molecule has 0 radical (unpaired) electrons. The third-order valence-electron chi connectivity index (χ3n) is 5.27. The minimum atomic E-state index is -4.07. The number of imidazole rings is 1. The van der Waals surface area contributed by atoms with Crippen LogP contribution in [-0.4, -0.2) is 51.5 Å². The molecule has 3 aromatic heterocycles. The summed E-state index contributed by atoms with van der Waals surface area (Å²) in [6.45, 7) is 4.85. The number of nitrogens with one attached hydrogen (secondary N) is 2. The number of rotatable bonds is 11. The highest BCUT2D eigenvalue weighted by atomic mass is 32.2. The lowest BCUT2D eigenvalue weighted by Gasteiger charge is -2.10. The number of aromatic nitrogens is 5. The Labute approximate surface area is 224 Å². The largest absolute Gasteiger partial charge is 0.354 e. The first kappa shape index (κ1) is 27.0. The van der Waals surface area contributed by atoms with Crippen LogP contribution in [0.1, 0.15) is 31.2 Å². The van der Waals surface area contributed by atoms with Crippen LogP contribution in [0.3, 0.4) is 0 Å². The smallest absolute Gasteiger partial charge is 0.281 e. The van der Waals surface area contributed by atoms with Crippen LogP contribution in [0.25, 0.3) is 21.8 Å². The summed E-state index contributed by atoms with van der Waals surface area (Å²) >= 11 is 3.29. The zero-order chi connectivity index (χ0) is 26.6. The van der Waals surface area contributed by atoms with Crippen LogP contribution in [0.15, 0.2) is 48.0 Å². The van der Waals surface area contributed by atoms with E-state index in [4.69, 9.17) is 4.98 Å². The van der Waals surface area contributed by atoms with Gasteiger partial charge in [-0.25, -0.2) is 24.3 Å². The molecular formula is C24H28FN7O2S3. The molecule has 0 atom stereocenters. The van der Waals surface area contributed by atoms with Crippen molar-refractivity contribution in [3.63, 3.8) is 0 Å². The van der Waals surface area contributed by atoms with Crippen molar-refractivity contribution >= 4 is 44.8 Å². The van der Waals surface area contributed by atoms with Crippen molar-refractivity contribution in [2.24, 2.45) is 7.05 Å². The maximum absolute atomic E-state index is 14.7. The number of thioether (sulfide) groups is 1. The molecule has 0 spiro atoms. The van der Waals surface area contributed by atoms with E-state index in [9.17, 15) is 12.8 Å². The molecule has 0 aliphatic carbocycles. The molecule has 0 bridgehead atoms. The number of nitrogens with zero attached hydrogens (tertiary/aromatic N) is 5. The van der Waals surface area contributed by atoms with E-state index >= 15 is 0 Å². The van der Waals surface area contributed by atoms with Crippen molar-refractivity contribution < 1.29 is 12.8 Å². The number of anilines is 2. The summed E-state index contributed by atoms with van der Waals surface area (Å²) in [5.41, 5.74) is 1.65. The van der Waals surface area contributed by atoms with Gasteiger partial charge in [-0.05, 0) is 42.7 Å². The minimum Gasteiger partial charge on any atom is -0.354 e. The van der Waals surface area contributed by atoms with E-state index in [1.54, 1.807) is 31.1 Å². The van der Waals surface area contributed by atoms with Crippen molar-refractivity contribution in [3.05, 3.63) is 53.8 Å². The lowest BCUT2D eigenvalue weighted by molar-refractivity contribution is 0.595. The molecular weight excluding hydrogens is 534 g/mol. The summed E-state index contributed by atoms with van der Waals surface area (Å²) in [7, 11) is -2.42. The van der Waals surface area contributed by atoms with Crippen molar-refractivity contribution in [2.75, 3.05) is 28.6 Å². The molecule has 0 saturated carbocycles. The van der Waals surface area contributed by atoms with Crippen molar-refractivity contribution in [2.45, 2.75) is 31.2 Å². The Morgan fingerprint density at radius 2 is 2.00 bits per heavy atom. The molecule has 1 aromatic carbocycles. The molecule has 13 heteroatoms. The van der Waals surface area contributed by atoms with E-state index in [0.717, 1.165) is 28.6 Å². The summed E-state index contributed by atoms with van der Waals surface area (Å²) in [4.78, 5) is 18.5. The zero-order valence-corrected chi connectivity index (χ0v) is 23.3. The van der Waals surface area contributed by atoms with E-state index < -0.39 is 15.8 Å². The van der Waals surface area contributed by atoms with Gasteiger partial charge in [-0.1, -0.05) is 13.8 Å². The second kappa shape index (κ2) is 11.6. The van der Waals surface area contributed by atoms with Gasteiger partial charge in [0.2, 0.25) is 5.95 Å². The highest BCUT2D eigenvalue weighted by Gasteiger charge is 2.22. The van der Waals surface area contributed by atoms with Crippen molar-refractivity contribution in [1.29, 1.82) is 0 Å². The van der Waals surface area contributed by atoms with Crippen LogP contribution in [0.5, 0.6) is 0 Å². The molecule has 37 heavy (non-hydrogen) atoms. The van der Waals surface area contributed by atoms with Crippen LogP contribution in [0, 0.1) is 5.82 Å². The topological polar surface area (TPSA) is 115 Å². The van der Waals surface area contributed by atoms with Gasteiger partial charge in [0.1, 0.15) is 5.82 Å². The molecule has 0 amide bonds. The number of thiazole rings is 1. The SMILES string of the molecule is CSCCCNc1nccc(-c2sc(C(C)C)nc2-c2ccc(F)c(NS(=O)(=O)c3cn(C)cn3)c2)n1. The van der Waals surface area contributed by atoms with E-state index in [1.807, 2.05) is 19.9 Å². The lowest BCUT2D eigenvalue weighted by atomic mass is 10.1. The molecule has 0 unspecified atom stereocenters.